The lowest BCUT2D eigenvalue weighted by molar-refractivity contribution is -0.383. The van der Waals surface area contributed by atoms with Crippen LogP contribution in [-0.2, 0) is 6.42 Å². The molecule has 0 spiro atoms. The van der Waals surface area contributed by atoms with Gasteiger partial charge in [-0.3, -0.25) is 10.1 Å². The third-order valence-electron chi connectivity index (χ3n) is 2.84. The van der Waals surface area contributed by atoms with Gasteiger partial charge in [-0.2, -0.15) is 0 Å². The van der Waals surface area contributed by atoms with E-state index in [1.165, 1.54) is 18.2 Å². The zero-order valence-corrected chi connectivity index (χ0v) is 11.2. The van der Waals surface area contributed by atoms with Crippen molar-refractivity contribution < 1.29 is 9.31 Å². The molecule has 2 aromatic rings. The highest BCUT2D eigenvalue weighted by Gasteiger charge is 2.16. The van der Waals surface area contributed by atoms with Gasteiger partial charge >= 0.3 is 0 Å². The average molecular weight is 295 g/mol. The van der Waals surface area contributed by atoms with Gasteiger partial charge in [-0.1, -0.05) is 35.9 Å². The second-order valence-electron chi connectivity index (χ2n) is 4.16. The highest BCUT2D eigenvalue weighted by molar-refractivity contribution is 6.33. The van der Waals surface area contributed by atoms with Crippen molar-refractivity contribution in [1.82, 2.24) is 0 Å². The maximum Gasteiger partial charge on any atom is 0.293 e. The third-order valence-corrected chi connectivity index (χ3v) is 3.16. The summed E-state index contributed by atoms with van der Waals surface area (Å²) < 4.78 is 13.4. The Kier molecular flexibility index (Phi) is 4.53. The molecule has 6 heteroatoms. The van der Waals surface area contributed by atoms with Gasteiger partial charge in [-0.15, -0.1) is 0 Å². The number of hydrogen-bond acceptors (Lipinski definition) is 3. The lowest BCUT2D eigenvalue weighted by atomic mass is 10.1. The number of nitro benzene ring substituents is 1. The third kappa shape index (κ3) is 3.24. The van der Waals surface area contributed by atoms with Crippen molar-refractivity contribution in [3.05, 3.63) is 69.0 Å². The smallest absolute Gasteiger partial charge is 0.293 e. The summed E-state index contributed by atoms with van der Waals surface area (Å²) in [7, 11) is 0. The van der Waals surface area contributed by atoms with Crippen LogP contribution >= 0.6 is 11.6 Å². The molecule has 104 valence electrons. The van der Waals surface area contributed by atoms with Crippen LogP contribution < -0.4 is 5.32 Å². The van der Waals surface area contributed by atoms with Crippen LogP contribution in [0.5, 0.6) is 0 Å². The lowest BCUT2D eigenvalue weighted by Crippen LogP contribution is -2.08. The van der Waals surface area contributed by atoms with E-state index in [0.717, 1.165) is 0 Å². The van der Waals surface area contributed by atoms with E-state index in [-0.39, 0.29) is 22.2 Å². The normalized spacial score (nSPS) is 10.3. The minimum absolute atomic E-state index is 0.0916. The maximum atomic E-state index is 13.4. The summed E-state index contributed by atoms with van der Waals surface area (Å²) in [5.74, 6) is -0.289. The summed E-state index contributed by atoms with van der Waals surface area (Å²) in [6.07, 6.45) is 0.412. The van der Waals surface area contributed by atoms with Crippen molar-refractivity contribution >= 4 is 23.0 Å². The van der Waals surface area contributed by atoms with E-state index in [0.29, 0.717) is 18.5 Å². The highest BCUT2D eigenvalue weighted by atomic mass is 35.5. The molecule has 0 amide bonds. The highest BCUT2D eigenvalue weighted by Crippen LogP contribution is 2.31. The van der Waals surface area contributed by atoms with Crippen molar-refractivity contribution in [3.63, 3.8) is 0 Å². The van der Waals surface area contributed by atoms with Crippen LogP contribution in [0.25, 0.3) is 0 Å². The summed E-state index contributed by atoms with van der Waals surface area (Å²) >= 11 is 5.95. The van der Waals surface area contributed by atoms with Gasteiger partial charge in [0.1, 0.15) is 11.5 Å². The minimum atomic E-state index is -0.503. The van der Waals surface area contributed by atoms with E-state index < -0.39 is 4.92 Å². The summed E-state index contributed by atoms with van der Waals surface area (Å²) in [6.45, 7) is 0.353. The predicted octanol–water partition coefficient (Wildman–Crippen LogP) is 4.04. The Bertz CT molecular complexity index is 634. The molecule has 0 unspecified atom stereocenters. The topological polar surface area (TPSA) is 55.2 Å². The van der Waals surface area contributed by atoms with Gasteiger partial charge in [-0.05, 0) is 24.1 Å². The van der Waals surface area contributed by atoms with Crippen LogP contribution in [0.3, 0.4) is 0 Å². The zero-order valence-electron chi connectivity index (χ0n) is 10.5. The molecule has 0 aliphatic heterocycles. The monoisotopic (exact) mass is 294 g/mol. The molecule has 2 rings (SSSR count). The molecule has 0 saturated carbocycles. The summed E-state index contributed by atoms with van der Waals surface area (Å²) in [4.78, 5) is 10.4. The number of nitrogens with one attached hydrogen (secondary N) is 1. The van der Waals surface area contributed by atoms with Crippen LogP contribution in [0.1, 0.15) is 5.56 Å². The number of para-hydroxylation sites is 1. The molecule has 0 saturated heterocycles. The van der Waals surface area contributed by atoms with Crippen molar-refractivity contribution in [3.8, 4) is 0 Å². The fourth-order valence-corrected chi connectivity index (χ4v) is 2.10. The Morgan fingerprint density at radius 2 is 1.95 bits per heavy atom. The number of nitrogens with zero attached hydrogens (tertiary/aromatic N) is 1. The Morgan fingerprint density at radius 1 is 1.20 bits per heavy atom. The van der Waals surface area contributed by atoms with Crippen molar-refractivity contribution in [2.45, 2.75) is 6.42 Å². The van der Waals surface area contributed by atoms with Crippen LogP contribution in [0.15, 0.2) is 42.5 Å². The summed E-state index contributed by atoms with van der Waals surface area (Å²) in [5.41, 5.74) is 0.719. The van der Waals surface area contributed by atoms with Crippen LogP contribution in [0.4, 0.5) is 15.8 Å². The lowest BCUT2D eigenvalue weighted by Gasteiger charge is -2.09. The molecule has 0 radical (unpaired) electrons. The van der Waals surface area contributed by atoms with Crippen LogP contribution in [0.2, 0.25) is 5.02 Å². The molecule has 0 aliphatic carbocycles. The van der Waals surface area contributed by atoms with E-state index in [1.54, 1.807) is 24.3 Å². The van der Waals surface area contributed by atoms with Crippen LogP contribution in [0, 0.1) is 15.9 Å². The van der Waals surface area contributed by atoms with E-state index in [4.69, 9.17) is 11.6 Å². The first-order chi connectivity index (χ1) is 9.59. The van der Waals surface area contributed by atoms with Crippen molar-refractivity contribution in [2.24, 2.45) is 0 Å². The standard InChI is InChI=1S/C14H12ClFN2O2/c15-11-5-3-7-13(18(19)20)14(11)17-9-8-10-4-1-2-6-12(10)16/h1-7,17H,8-9H2. The molecule has 2 aromatic carbocycles. The number of hydrogen-bond donors (Lipinski definition) is 1. The second kappa shape index (κ2) is 6.34. The number of anilines is 1. The molecule has 0 fully saturated rings. The fraction of sp³-hybridized carbons (Fsp3) is 0.143. The molecule has 0 aromatic heterocycles. The average Bonchev–Trinajstić information content (AvgIpc) is 2.42. The molecule has 0 aliphatic rings. The molecule has 0 heterocycles. The Hall–Kier alpha value is -2.14. The maximum absolute atomic E-state index is 13.4. The Balaban J connectivity index is 2.08. The first kappa shape index (κ1) is 14.3. The fourth-order valence-electron chi connectivity index (χ4n) is 1.86. The van der Waals surface area contributed by atoms with Crippen LogP contribution in [-0.4, -0.2) is 11.5 Å². The van der Waals surface area contributed by atoms with Gasteiger partial charge in [0.15, 0.2) is 0 Å². The number of benzene rings is 2. The largest absolute Gasteiger partial charge is 0.378 e. The Morgan fingerprint density at radius 3 is 2.65 bits per heavy atom. The van der Waals surface area contributed by atoms with Gasteiger partial charge < -0.3 is 5.32 Å². The molecule has 20 heavy (non-hydrogen) atoms. The molecule has 0 bridgehead atoms. The van der Waals surface area contributed by atoms with Gasteiger partial charge in [-0.25, -0.2) is 4.39 Å². The first-order valence-corrected chi connectivity index (χ1v) is 6.37. The van der Waals surface area contributed by atoms with Gasteiger partial charge in [0.25, 0.3) is 5.69 Å². The van der Waals surface area contributed by atoms with Gasteiger partial charge in [0.05, 0.1) is 9.95 Å². The van der Waals surface area contributed by atoms with E-state index >= 15 is 0 Å². The minimum Gasteiger partial charge on any atom is -0.378 e. The quantitative estimate of drug-likeness (QED) is 0.669. The van der Waals surface area contributed by atoms with E-state index in [1.807, 2.05) is 0 Å². The van der Waals surface area contributed by atoms with Crippen molar-refractivity contribution in [1.29, 1.82) is 0 Å². The number of halogens is 2. The zero-order chi connectivity index (χ0) is 14.5. The molecule has 0 atom stereocenters. The summed E-state index contributed by atoms with van der Waals surface area (Å²) in [5, 5.41) is 14.1. The van der Waals surface area contributed by atoms with Crippen molar-refractivity contribution in [2.75, 3.05) is 11.9 Å². The first-order valence-electron chi connectivity index (χ1n) is 6.00. The van der Waals surface area contributed by atoms with Gasteiger partial charge in [0.2, 0.25) is 0 Å². The predicted molar refractivity (Wildman–Crippen MR) is 76.7 cm³/mol. The SMILES string of the molecule is O=[N+]([O-])c1cccc(Cl)c1NCCc1ccccc1F. The van der Waals surface area contributed by atoms with E-state index in [9.17, 15) is 14.5 Å². The van der Waals surface area contributed by atoms with Gasteiger partial charge in [0, 0.05) is 12.6 Å². The Labute approximate surface area is 120 Å². The molecular weight excluding hydrogens is 283 g/mol. The second-order valence-corrected chi connectivity index (χ2v) is 4.57. The van der Waals surface area contributed by atoms with E-state index in [2.05, 4.69) is 5.32 Å². The summed E-state index contributed by atoms with van der Waals surface area (Å²) in [6, 6.07) is 10.9. The number of nitro groups is 1. The molecule has 4 nitrogen and oxygen atoms in total. The molecular formula is C14H12ClFN2O2. The molecule has 1 N–H and O–H groups in total. The number of rotatable bonds is 5.